The van der Waals surface area contributed by atoms with Crippen LogP contribution < -0.4 is 0 Å². The van der Waals surface area contributed by atoms with Crippen molar-refractivity contribution in [1.29, 1.82) is 0 Å². The van der Waals surface area contributed by atoms with Gasteiger partial charge in [-0.05, 0) is 43.9 Å². The quantitative estimate of drug-likeness (QED) is 0.926. The van der Waals surface area contributed by atoms with Crippen molar-refractivity contribution >= 4 is 23.5 Å². The number of carbonyl (C=O) groups is 2. The molecule has 21 heavy (non-hydrogen) atoms. The van der Waals surface area contributed by atoms with Crippen molar-refractivity contribution in [3.05, 3.63) is 34.3 Å². The Morgan fingerprint density at radius 2 is 2.14 bits per heavy atom. The van der Waals surface area contributed by atoms with Crippen LogP contribution in [0, 0.1) is 6.92 Å². The molecule has 0 spiro atoms. The summed E-state index contributed by atoms with van der Waals surface area (Å²) in [6, 6.07) is 5.14. The molecule has 0 radical (unpaired) electrons. The standard InChI is InChI=1S/C16H20ClNO3/c1-3-7-16(15(20)21)8-4-9-18(16)14(19)13-10-12(17)6-5-11(13)2/h5-6,10H,3-4,7-9H2,1-2H3,(H,20,21). The van der Waals surface area contributed by atoms with Crippen LogP contribution >= 0.6 is 11.6 Å². The second kappa shape index (κ2) is 6.06. The van der Waals surface area contributed by atoms with Crippen LogP contribution in [0.2, 0.25) is 5.02 Å². The summed E-state index contributed by atoms with van der Waals surface area (Å²) in [5.74, 6) is -1.14. The van der Waals surface area contributed by atoms with Crippen molar-refractivity contribution in [2.45, 2.75) is 45.1 Å². The molecule has 1 atom stereocenters. The summed E-state index contributed by atoms with van der Waals surface area (Å²) in [7, 11) is 0. The number of likely N-dealkylation sites (tertiary alicyclic amines) is 1. The summed E-state index contributed by atoms with van der Waals surface area (Å²) in [4.78, 5) is 26.1. The van der Waals surface area contributed by atoms with E-state index in [2.05, 4.69) is 0 Å². The summed E-state index contributed by atoms with van der Waals surface area (Å²) in [5, 5.41) is 10.2. The lowest BCUT2D eigenvalue weighted by Gasteiger charge is -2.35. The number of amides is 1. The first-order valence-corrected chi connectivity index (χ1v) is 7.61. The lowest BCUT2D eigenvalue weighted by Crippen LogP contribution is -2.53. The maximum Gasteiger partial charge on any atom is 0.329 e. The third-order valence-corrected chi connectivity index (χ3v) is 4.46. The van der Waals surface area contributed by atoms with E-state index in [0.717, 1.165) is 18.4 Å². The Hall–Kier alpha value is -1.55. The Morgan fingerprint density at radius 3 is 2.76 bits per heavy atom. The number of hydrogen-bond acceptors (Lipinski definition) is 2. The van der Waals surface area contributed by atoms with Crippen LogP contribution in [0.1, 0.15) is 48.5 Å². The van der Waals surface area contributed by atoms with Gasteiger partial charge in [-0.1, -0.05) is 31.0 Å². The van der Waals surface area contributed by atoms with E-state index in [1.165, 1.54) is 4.90 Å². The van der Waals surface area contributed by atoms with E-state index in [1.54, 1.807) is 18.2 Å². The Morgan fingerprint density at radius 1 is 1.43 bits per heavy atom. The van der Waals surface area contributed by atoms with Crippen LogP contribution in [0.25, 0.3) is 0 Å². The van der Waals surface area contributed by atoms with Crippen molar-refractivity contribution in [3.8, 4) is 0 Å². The summed E-state index contributed by atoms with van der Waals surface area (Å²) < 4.78 is 0. The predicted molar refractivity (Wildman–Crippen MR) is 81.7 cm³/mol. The molecule has 1 saturated heterocycles. The van der Waals surface area contributed by atoms with Gasteiger partial charge in [-0.15, -0.1) is 0 Å². The van der Waals surface area contributed by atoms with Crippen LogP contribution in [0.4, 0.5) is 0 Å². The lowest BCUT2D eigenvalue weighted by atomic mass is 9.90. The molecule has 1 aliphatic rings. The zero-order chi connectivity index (χ0) is 15.6. The minimum absolute atomic E-state index is 0.233. The second-order valence-corrected chi connectivity index (χ2v) is 6.04. The van der Waals surface area contributed by atoms with E-state index >= 15 is 0 Å². The molecule has 0 saturated carbocycles. The highest BCUT2D eigenvalue weighted by Gasteiger charge is 2.49. The Labute approximate surface area is 129 Å². The third-order valence-electron chi connectivity index (χ3n) is 4.23. The number of aliphatic carboxylic acids is 1. The molecule has 0 aromatic heterocycles. The van der Waals surface area contributed by atoms with Gasteiger partial charge in [0.25, 0.3) is 5.91 Å². The zero-order valence-electron chi connectivity index (χ0n) is 12.4. The molecular formula is C16H20ClNO3. The molecule has 1 heterocycles. The molecule has 4 nitrogen and oxygen atoms in total. The molecule has 1 fully saturated rings. The fourth-order valence-corrected chi connectivity index (χ4v) is 3.32. The summed E-state index contributed by atoms with van der Waals surface area (Å²) in [6.45, 7) is 4.26. The second-order valence-electron chi connectivity index (χ2n) is 5.61. The first-order valence-electron chi connectivity index (χ1n) is 7.24. The van der Waals surface area contributed by atoms with Crippen molar-refractivity contribution in [1.82, 2.24) is 4.90 Å². The normalized spacial score (nSPS) is 21.6. The maximum absolute atomic E-state index is 12.8. The van der Waals surface area contributed by atoms with Gasteiger partial charge < -0.3 is 10.0 Å². The monoisotopic (exact) mass is 309 g/mol. The number of carbonyl (C=O) groups excluding carboxylic acids is 1. The average molecular weight is 310 g/mol. The van der Waals surface area contributed by atoms with Crippen molar-refractivity contribution in [3.63, 3.8) is 0 Å². The highest BCUT2D eigenvalue weighted by atomic mass is 35.5. The molecule has 0 bridgehead atoms. The van der Waals surface area contributed by atoms with Gasteiger partial charge >= 0.3 is 5.97 Å². The minimum Gasteiger partial charge on any atom is -0.479 e. The van der Waals surface area contributed by atoms with Gasteiger partial charge in [-0.2, -0.15) is 0 Å². The van der Waals surface area contributed by atoms with Gasteiger partial charge in [0.05, 0.1) is 0 Å². The number of nitrogens with zero attached hydrogens (tertiary/aromatic N) is 1. The van der Waals surface area contributed by atoms with Gasteiger partial charge in [-0.3, -0.25) is 4.79 Å². The number of rotatable bonds is 4. The number of halogens is 1. The summed E-state index contributed by atoms with van der Waals surface area (Å²) in [5.41, 5.74) is 0.235. The van der Waals surface area contributed by atoms with Crippen LogP contribution in [0.3, 0.4) is 0 Å². The highest BCUT2D eigenvalue weighted by Crippen LogP contribution is 2.35. The molecule has 1 amide bonds. The van der Waals surface area contributed by atoms with Crippen molar-refractivity contribution in [2.75, 3.05) is 6.54 Å². The average Bonchev–Trinajstić information content (AvgIpc) is 2.86. The maximum atomic E-state index is 12.8. The summed E-state index contributed by atoms with van der Waals surface area (Å²) in [6.07, 6.45) is 2.44. The SMILES string of the molecule is CCCC1(C(=O)O)CCCN1C(=O)c1cc(Cl)ccc1C. The van der Waals surface area contributed by atoms with E-state index in [0.29, 0.717) is 30.0 Å². The molecule has 1 N–H and O–H groups in total. The smallest absolute Gasteiger partial charge is 0.329 e. The minimum atomic E-state index is -1.07. The van der Waals surface area contributed by atoms with E-state index in [-0.39, 0.29) is 5.91 Å². The number of benzene rings is 1. The Kier molecular flexibility index (Phi) is 4.57. The van der Waals surface area contributed by atoms with Gasteiger partial charge in [0.1, 0.15) is 5.54 Å². The molecule has 2 rings (SSSR count). The molecule has 1 aliphatic heterocycles. The van der Waals surface area contributed by atoms with Gasteiger partial charge in [0, 0.05) is 17.1 Å². The van der Waals surface area contributed by atoms with E-state index in [4.69, 9.17) is 11.6 Å². The largest absolute Gasteiger partial charge is 0.479 e. The van der Waals surface area contributed by atoms with Crippen LogP contribution in [0.15, 0.2) is 18.2 Å². The van der Waals surface area contributed by atoms with Crippen LogP contribution in [0.5, 0.6) is 0 Å². The number of carboxylic acids is 1. The van der Waals surface area contributed by atoms with Gasteiger partial charge in [-0.25, -0.2) is 4.79 Å². The fraction of sp³-hybridized carbons (Fsp3) is 0.500. The molecule has 114 valence electrons. The van der Waals surface area contributed by atoms with Crippen LogP contribution in [-0.4, -0.2) is 34.0 Å². The molecule has 0 aliphatic carbocycles. The third kappa shape index (κ3) is 2.77. The van der Waals surface area contributed by atoms with E-state index in [9.17, 15) is 14.7 Å². The van der Waals surface area contributed by atoms with E-state index < -0.39 is 11.5 Å². The topological polar surface area (TPSA) is 57.6 Å². The molecule has 1 aromatic rings. The number of aryl methyl sites for hydroxylation is 1. The van der Waals surface area contributed by atoms with E-state index in [1.807, 2.05) is 13.8 Å². The Balaban J connectivity index is 2.41. The predicted octanol–water partition coefficient (Wildman–Crippen LogP) is 3.51. The molecule has 1 aromatic carbocycles. The van der Waals surface area contributed by atoms with Crippen LogP contribution in [-0.2, 0) is 4.79 Å². The highest BCUT2D eigenvalue weighted by molar-refractivity contribution is 6.31. The van der Waals surface area contributed by atoms with Crippen molar-refractivity contribution in [2.24, 2.45) is 0 Å². The zero-order valence-corrected chi connectivity index (χ0v) is 13.1. The first-order chi connectivity index (χ1) is 9.92. The first kappa shape index (κ1) is 15.8. The van der Waals surface area contributed by atoms with Gasteiger partial charge in [0.2, 0.25) is 0 Å². The lowest BCUT2D eigenvalue weighted by molar-refractivity contribution is -0.148. The van der Waals surface area contributed by atoms with Gasteiger partial charge in [0.15, 0.2) is 0 Å². The molecule has 5 heteroatoms. The fourth-order valence-electron chi connectivity index (χ4n) is 3.15. The Bertz CT molecular complexity index is 573. The number of hydrogen-bond donors (Lipinski definition) is 1. The molecule has 1 unspecified atom stereocenters. The number of carboxylic acid groups (broad SMARTS) is 1. The molecular weight excluding hydrogens is 290 g/mol. The summed E-state index contributed by atoms with van der Waals surface area (Å²) >= 11 is 5.98. The van der Waals surface area contributed by atoms with Crippen molar-refractivity contribution < 1.29 is 14.7 Å².